The lowest BCUT2D eigenvalue weighted by molar-refractivity contribution is -0.120. The van der Waals surface area contributed by atoms with Crippen LogP contribution in [0.1, 0.15) is 31.0 Å². The maximum atomic E-state index is 12.5. The second kappa shape index (κ2) is 8.90. The molecule has 0 unspecified atom stereocenters. The number of nitrogens with one attached hydrogen (secondary N) is 1. The first-order chi connectivity index (χ1) is 12.7. The van der Waals surface area contributed by atoms with Gasteiger partial charge in [0.2, 0.25) is 15.9 Å². The molecule has 0 aliphatic heterocycles. The molecule has 2 aromatic carbocycles. The van der Waals surface area contributed by atoms with E-state index in [2.05, 4.69) is 12.2 Å². The van der Waals surface area contributed by atoms with Crippen molar-refractivity contribution in [1.29, 1.82) is 0 Å². The first-order valence-corrected chi connectivity index (χ1v) is 10.6. The average molecular weight is 391 g/mol. The number of carbonyl (C=O) groups is 1. The van der Waals surface area contributed by atoms with Crippen molar-refractivity contribution in [2.24, 2.45) is 0 Å². The Labute approximate surface area is 161 Å². The zero-order chi connectivity index (χ0) is 20.0. The Morgan fingerprint density at radius 3 is 2.41 bits per heavy atom. The fourth-order valence-corrected chi connectivity index (χ4v) is 3.56. The van der Waals surface area contributed by atoms with Crippen LogP contribution in [0.4, 0.5) is 5.69 Å². The van der Waals surface area contributed by atoms with Gasteiger partial charge in [0.25, 0.3) is 0 Å². The number of aryl methyl sites for hydroxylation is 1. The summed E-state index contributed by atoms with van der Waals surface area (Å²) in [6.45, 7) is 3.65. The number of benzene rings is 2. The SMILES string of the molecule is CCc1ccc([C@H](C)NC(=O)CN(c2cccc(OC)c2)S(C)(=O)=O)cc1. The number of nitrogens with zero attached hydrogens (tertiary/aromatic N) is 1. The van der Waals surface area contributed by atoms with Gasteiger partial charge >= 0.3 is 0 Å². The maximum absolute atomic E-state index is 12.5. The zero-order valence-electron chi connectivity index (χ0n) is 16.1. The average Bonchev–Trinajstić information content (AvgIpc) is 2.65. The van der Waals surface area contributed by atoms with E-state index in [1.54, 1.807) is 24.3 Å². The maximum Gasteiger partial charge on any atom is 0.241 e. The predicted octanol–water partition coefficient (Wildman–Crippen LogP) is 2.90. The molecule has 0 radical (unpaired) electrons. The number of ether oxygens (including phenoxy) is 1. The molecular formula is C20H26N2O4S. The van der Waals surface area contributed by atoms with Crippen LogP contribution in [0, 0.1) is 0 Å². The highest BCUT2D eigenvalue weighted by atomic mass is 32.2. The predicted molar refractivity (Wildman–Crippen MR) is 108 cm³/mol. The van der Waals surface area contributed by atoms with Crippen molar-refractivity contribution in [1.82, 2.24) is 5.32 Å². The van der Waals surface area contributed by atoms with Gasteiger partial charge in [0.1, 0.15) is 12.3 Å². The van der Waals surface area contributed by atoms with Gasteiger partial charge in [-0.2, -0.15) is 0 Å². The minimum atomic E-state index is -3.63. The number of sulfonamides is 1. The molecule has 146 valence electrons. The second-order valence-corrected chi connectivity index (χ2v) is 8.26. The van der Waals surface area contributed by atoms with Crippen molar-refractivity contribution in [3.05, 3.63) is 59.7 Å². The topological polar surface area (TPSA) is 75.7 Å². The van der Waals surface area contributed by atoms with Crippen LogP contribution >= 0.6 is 0 Å². The summed E-state index contributed by atoms with van der Waals surface area (Å²) >= 11 is 0. The van der Waals surface area contributed by atoms with E-state index in [-0.39, 0.29) is 18.5 Å². The molecule has 1 amide bonds. The highest BCUT2D eigenvalue weighted by molar-refractivity contribution is 7.92. The van der Waals surface area contributed by atoms with E-state index in [0.29, 0.717) is 11.4 Å². The van der Waals surface area contributed by atoms with Gasteiger partial charge in [-0.05, 0) is 36.6 Å². The Kier molecular flexibility index (Phi) is 6.85. The lowest BCUT2D eigenvalue weighted by atomic mass is 10.1. The van der Waals surface area contributed by atoms with Crippen molar-refractivity contribution in [3.63, 3.8) is 0 Å². The molecule has 1 atom stereocenters. The summed E-state index contributed by atoms with van der Waals surface area (Å²) in [6, 6.07) is 14.4. The van der Waals surface area contributed by atoms with E-state index in [0.717, 1.165) is 22.5 Å². The van der Waals surface area contributed by atoms with Crippen LogP contribution in [0.3, 0.4) is 0 Å². The lowest BCUT2D eigenvalue weighted by Crippen LogP contribution is -2.41. The van der Waals surface area contributed by atoms with Crippen molar-refractivity contribution in [2.75, 3.05) is 24.2 Å². The summed E-state index contributed by atoms with van der Waals surface area (Å²) in [5.74, 6) is 0.140. The Hall–Kier alpha value is -2.54. The van der Waals surface area contributed by atoms with Crippen LogP contribution in [0.2, 0.25) is 0 Å². The molecule has 0 heterocycles. The van der Waals surface area contributed by atoms with E-state index in [1.807, 2.05) is 31.2 Å². The Bertz CT molecular complexity index is 879. The van der Waals surface area contributed by atoms with E-state index in [1.165, 1.54) is 12.7 Å². The number of hydrogen-bond acceptors (Lipinski definition) is 4. The Morgan fingerprint density at radius 1 is 1.19 bits per heavy atom. The molecule has 7 heteroatoms. The summed E-state index contributed by atoms with van der Waals surface area (Å²) in [5.41, 5.74) is 2.57. The number of amides is 1. The van der Waals surface area contributed by atoms with Crippen LogP contribution in [-0.2, 0) is 21.2 Å². The van der Waals surface area contributed by atoms with Gasteiger partial charge in [0.05, 0.1) is 25.1 Å². The fourth-order valence-electron chi connectivity index (χ4n) is 2.71. The molecular weight excluding hydrogens is 364 g/mol. The summed E-state index contributed by atoms with van der Waals surface area (Å²) in [5, 5.41) is 2.86. The van der Waals surface area contributed by atoms with Gasteiger partial charge in [-0.15, -0.1) is 0 Å². The van der Waals surface area contributed by atoms with Gasteiger partial charge in [-0.1, -0.05) is 37.3 Å². The van der Waals surface area contributed by atoms with Crippen molar-refractivity contribution < 1.29 is 17.9 Å². The third-order valence-corrected chi connectivity index (χ3v) is 5.43. The monoisotopic (exact) mass is 390 g/mol. The van der Waals surface area contributed by atoms with Gasteiger partial charge in [-0.25, -0.2) is 8.42 Å². The van der Waals surface area contributed by atoms with Crippen molar-refractivity contribution >= 4 is 21.6 Å². The van der Waals surface area contributed by atoms with Gasteiger partial charge in [0.15, 0.2) is 0 Å². The van der Waals surface area contributed by atoms with E-state index in [9.17, 15) is 13.2 Å². The molecule has 0 bridgehead atoms. The third kappa shape index (κ3) is 5.72. The molecule has 0 spiro atoms. The normalized spacial score (nSPS) is 12.3. The molecule has 0 aliphatic rings. The molecule has 0 aliphatic carbocycles. The van der Waals surface area contributed by atoms with E-state index >= 15 is 0 Å². The minimum absolute atomic E-state index is 0.227. The fraction of sp³-hybridized carbons (Fsp3) is 0.350. The molecule has 0 aromatic heterocycles. The number of hydrogen-bond donors (Lipinski definition) is 1. The number of rotatable bonds is 8. The smallest absolute Gasteiger partial charge is 0.241 e. The first kappa shape index (κ1) is 20.8. The summed E-state index contributed by atoms with van der Waals surface area (Å²) in [7, 11) is -2.13. The third-order valence-electron chi connectivity index (χ3n) is 4.29. The Balaban J connectivity index is 2.13. The largest absolute Gasteiger partial charge is 0.497 e. The Morgan fingerprint density at radius 2 is 1.85 bits per heavy atom. The van der Waals surface area contributed by atoms with E-state index < -0.39 is 10.0 Å². The molecule has 0 saturated heterocycles. The van der Waals surface area contributed by atoms with Crippen LogP contribution in [0.5, 0.6) is 5.75 Å². The van der Waals surface area contributed by atoms with Crippen LogP contribution in [0.15, 0.2) is 48.5 Å². The minimum Gasteiger partial charge on any atom is -0.497 e. The second-order valence-electron chi connectivity index (χ2n) is 6.36. The zero-order valence-corrected chi connectivity index (χ0v) is 16.9. The van der Waals surface area contributed by atoms with E-state index in [4.69, 9.17) is 4.74 Å². The van der Waals surface area contributed by atoms with Crippen molar-refractivity contribution in [2.45, 2.75) is 26.3 Å². The molecule has 2 aromatic rings. The number of carbonyl (C=O) groups excluding carboxylic acids is 1. The molecule has 27 heavy (non-hydrogen) atoms. The standard InChI is InChI=1S/C20H26N2O4S/c1-5-16-9-11-17(12-10-16)15(2)21-20(23)14-22(27(4,24)25)18-7-6-8-19(13-18)26-3/h6-13,15H,5,14H2,1-4H3,(H,21,23)/t15-/m0/s1. The highest BCUT2D eigenvalue weighted by Gasteiger charge is 2.22. The molecule has 2 rings (SSSR count). The van der Waals surface area contributed by atoms with Crippen molar-refractivity contribution in [3.8, 4) is 5.75 Å². The summed E-state index contributed by atoms with van der Waals surface area (Å²) in [4.78, 5) is 12.5. The number of methoxy groups -OCH3 is 1. The molecule has 0 saturated carbocycles. The van der Waals surface area contributed by atoms with Gasteiger partial charge in [-0.3, -0.25) is 9.10 Å². The van der Waals surface area contributed by atoms with Crippen LogP contribution < -0.4 is 14.4 Å². The lowest BCUT2D eigenvalue weighted by Gasteiger charge is -2.23. The summed E-state index contributed by atoms with van der Waals surface area (Å²) in [6.07, 6.45) is 2.03. The highest BCUT2D eigenvalue weighted by Crippen LogP contribution is 2.23. The molecule has 6 nitrogen and oxygen atoms in total. The molecule has 0 fully saturated rings. The van der Waals surface area contributed by atoms with Crippen LogP contribution in [-0.4, -0.2) is 34.2 Å². The summed E-state index contributed by atoms with van der Waals surface area (Å²) < 4.78 is 30.6. The first-order valence-electron chi connectivity index (χ1n) is 8.74. The van der Waals surface area contributed by atoms with Gasteiger partial charge in [0, 0.05) is 6.07 Å². The number of anilines is 1. The molecule has 1 N–H and O–H groups in total. The van der Waals surface area contributed by atoms with Crippen LogP contribution in [0.25, 0.3) is 0 Å². The quantitative estimate of drug-likeness (QED) is 0.752. The van der Waals surface area contributed by atoms with Gasteiger partial charge < -0.3 is 10.1 Å².